The van der Waals surface area contributed by atoms with Crippen LogP contribution in [0.25, 0.3) is 0 Å². The topological polar surface area (TPSA) is 124 Å². The van der Waals surface area contributed by atoms with E-state index in [1.165, 1.54) is 11.1 Å². The summed E-state index contributed by atoms with van der Waals surface area (Å²) in [5.41, 5.74) is 4.91. The van der Waals surface area contributed by atoms with Gasteiger partial charge in [0.2, 0.25) is 15.9 Å². The highest BCUT2D eigenvalue weighted by atomic mass is 79.9. The lowest BCUT2D eigenvalue weighted by Crippen LogP contribution is -2.43. The Bertz CT molecular complexity index is 765. The maximum absolute atomic E-state index is 12.3. The zero-order chi connectivity index (χ0) is 21.5. The lowest BCUT2D eigenvalue weighted by Gasteiger charge is -2.30. The summed E-state index contributed by atoms with van der Waals surface area (Å²) in [7, 11) is -3.61. The zero-order valence-corrected chi connectivity index (χ0v) is 19.3. The molecule has 0 aliphatic carbocycles. The molecule has 0 aromatic carbocycles. The number of nitrogens with two attached hydrogens (primary N) is 1. The van der Waals surface area contributed by atoms with E-state index in [0.29, 0.717) is 4.47 Å². The second kappa shape index (κ2) is 10.3. The van der Waals surface area contributed by atoms with Crippen LogP contribution in [-0.2, 0) is 14.8 Å². The SMILES string of the molecule is CC(C)N(CCOc1ncc(Br)cc1NS(=O)(=O)CCN)C(=O)OC(C)(C)C. The molecular formula is C17H29BrN4O5S. The Morgan fingerprint density at radius 2 is 2.04 bits per heavy atom. The number of carbonyl (C=O) groups is 1. The quantitative estimate of drug-likeness (QED) is 0.556. The predicted molar refractivity (Wildman–Crippen MR) is 112 cm³/mol. The summed E-state index contributed by atoms with van der Waals surface area (Å²) in [5.74, 6) is -0.115. The molecule has 0 bridgehead atoms. The average molecular weight is 481 g/mol. The summed E-state index contributed by atoms with van der Waals surface area (Å²) in [4.78, 5) is 18.0. The second-order valence-corrected chi connectivity index (χ2v) is 10.1. The molecule has 0 saturated carbocycles. The van der Waals surface area contributed by atoms with Gasteiger partial charge in [-0.3, -0.25) is 4.72 Å². The van der Waals surface area contributed by atoms with E-state index < -0.39 is 21.7 Å². The van der Waals surface area contributed by atoms with Gasteiger partial charge in [0.15, 0.2) is 0 Å². The number of aromatic nitrogens is 1. The largest absolute Gasteiger partial charge is 0.474 e. The third-order valence-electron chi connectivity index (χ3n) is 3.29. The molecule has 160 valence electrons. The maximum Gasteiger partial charge on any atom is 0.410 e. The highest BCUT2D eigenvalue weighted by Crippen LogP contribution is 2.26. The molecule has 0 aliphatic heterocycles. The first-order chi connectivity index (χ1) is 12.8. The van der Waals surface area contributed by atoms with E-state index in [-0.39, 0.29) is 43.1 Å². The van der Waals surface area contributed by atoms with E-state index >= 15 is 0 Å². The van der Waals surface area contributed by atoms with Gasteiger partial charge in [-0.1, -0.05) is 0 Å². The summed E-state index contributed by atoms with van der Waals surface area (Å²) in [6, 6.07) is 1.45. The van der Waals surface area contributed by atoms with E-state index in [0.717, 1.165) is 0 Å². The minimum absolute atomic E-state index is 0.00775. The van der Waals surface area contributed by atoms with Crippen molar-refractivity contribution in [3.05, 3.63) is 16.7 Å². The standard InChI is InChI=1S/C17H29BrN4O5S/c1-12(2)22(16(23)27-17(3,4)5)7-8-26-15-14(10-13(18)11-20-15)21-28(24,25)9-6-19/h10-12,21H,6-9,19H2,1-5H3. The number of amides is 1. The van der Waals surface area contributed by atoms with Crippen molar-refractivity contribution in [2.24, 2.45) is 5.73 Å². The van der Waals surface area contributed by atoms with Gasteiger partial charge in [-0.2, -0.15) is 0 Å². The van der Waals surface area contributed by atoms with Gasteiger partial charge in [-0.05, 0) is 56.6 Å². The number of halogens is 1. The molecule has 0 spiro atoms. The van der Waals surface area contributed by atoms with Gasteiger partial charge in [0.1, 0.15) is 17.9 Å². The molecular weight excluding hydrogens is 452 g/mol. The van der Waals surface area contributed by atoms with Gasteiger partial charge >= 0.3 is 6.09 Å². The highest BCUT2D eigenvalue weighted by Gasteiger charge is 2.24. The van der Waals surface area contributed by atoms with Crippen LogP contribution in [0.4, 0.5) is 10.5 Å². The van der Waals surface area contributed by atoms with Gasteiger partial charge in [-0.15, -0.1) is 0 Å². The van der Waals surface area contributed by atoms with Gasteiger partial charge in [0.25, 0.3) is 0 Å². The van der Waals surface area contributed by atoms with Crippen molar-refractivity contribution in [2.75, 3.05) is 30.2 Å². The Kier molecular flexibility index (Phi) is 8.96. The van der Waals surface area contributed by atoms with Crippen molar-refractivity contribution < 1.29 is 22.7 Å². The molecule has 1 rings (SSSR count). The fourth-order valence-electron chi connectivity index (χ4n) is 2.11. The van der Waals surface area contributed by atoms with Crippen molar-refractivity contribution in [3.8, 4) is 5.88 Å². The average Bonchev–Trinajstić information content (AvgIpc) is 2.50. The normalized spacial score (nSPS) is 12.0. The van der Waals surface area contributed by atoms with Crippen molar-refractivity contribution >= 4 is 37.7 Å². The predicted octanol–water partition coefficient (Wildman–Crippen LogP) is 2.57. The first-order valence-electron chi connectivity index (χ1n) is 8.83. The molecule has 1 amide bonds. The summed E-state index contributed by atoms with van der Waals surface area (Å²) in [5, 5.41) is 0. The Balaban J connectivity index is 2.84. The number of pyridine rings is 1. The van der Waals surface area contributed by atoms with Gasteiger partial charge in [0.05, 0.1) is 12.3 Å². The van der Waals surface area contributed by atoms with Crippen molar-refractivity contribution in [1.82, 2.24) is 9.88 Å². The Morgan fingerprint density at radius 3 is 2.57 bits per heavy atom. The molecule has 0 saturated heterocycles. The van der Waals surface area contributed by atoms with Crippen LogP contribution in [0.1, 0.15) is 34.6 Å². The van der Waals surface area contributed by atoms with Crippen LogP contribution in [0, 0.1) is 0 Å². The molecule has 28 heavy (non-hydrogen) atoms. The van der Waals surface area contributed by atoms with Crippen LogP contribution in [0.2, 0.25) is 0 Å². The summed E-state index contributed by atoms with van der Waals surface area (Å²) >= 11 is 3.25. The number of hydrogen-bond acceptors (Lipinski definition) is 7. The van der Waals surface area contributed by atoms with E-state index in [1.807, 2.05) is 13.8 Å². The lowest BCUT2D eigenvalue weighted by molar-refractivity contribution is 0.0163. The summed E-state index contributed by atoms with van der Waals surface area (Å²) < 4.78 is 38.0. The fraction of sp³-hybridized carbons (Fsp3) is 0.647. The molecule has 11 heteroatoms. The van der Waals surface area contributed by atoms with Crippen molar-refractivity contribution in [3.63, 3.8) is 0 Å². The van der Waals surface area contributed by atoms with Gasteiger partial charge < -0.3 is 20.1 Å². The molecule has 0 unspecified atom stereocenters. The van der Waals surface area contributed by atoms with Crippen LogP contribution >= 0.6 is 15.9 Å². The van der Waals surface area contributed by atoms with Crippen LogP contribution in [-0.4, -0.2) is 61.5 Å². The van der Waals surface area contributed by atoms with Crippen molar-refractivity contribution in [1.29, 1.82) is 0 Å². The molecule has 1 aromatic rings. The fourth-order valence-corrected chi connectivity index (χ4v) is 3.34. The molecule has 9 nitrogen and oxygen atoms in total. The third kappa shape index (κ3) is 8.61. The molecule has 0 atom stereocenters. The lowest BCUT2D eigenvalue weighted by atomic mass is 10.2. The first kappa shape index (κ1) is 24.4. The number of sulfonamides is 1. The molecule has 1 heterocycles. The third-order valence-corrected chi connectivity index (χ3v) is 5.03. The van der Waals surface area contributed by atoms with E-state index in [2.05, 4.69) is 25.6 Å². The molecule has 1 aromatic heterocycles. The molecule has 0 fully saturated rings. The minimum Gasteiger partial charge on any atom is -0.474 e. The number of hydrogen-bond donors (Lipinski definition) is 2. The Hall–Kier alpha value is -1.59. The maximum atomic E-state index is 12.3. The molecule has 0 radical (unpaired) electrons. The first-order valence-corrected chi connectivity index (χ1v) is 11.3. The van der Waals surface area contributed by atoms with Crippen molar-refractivity contribution in [2.45, 2.75) is 46.3 Å². The van der Waals surface area contributed by atoms with Gasteiger partial charge in [-0.25, -0.2) is 18.2 Å². The van der Waals surface area contributed by atoms with Crippen LogP contribution < -0.4 is 15.2 Å². The second-order valence-electron chi connectivity index (χ2n) is 7.33. The van der Waals surface area contributed by atoms with Gasteiger partial charge in [0, 0.05) is 23.3 Å². The zero-order valence-electron chi connectivity index (χ0n) is 16.9. The van der Waals surface area contributed by atoms with Crippen LogP contribution in [0.5, 0.6) is 5.88 Å². The number of nitrogens with one attached hydrogen (secondary N) is 1. The Morgan fingerprint density at radius 1 is 1.39 bits per heavy atom. The van der Waals surface area contributed by atoms with E-state index in [9.17, 15) is 13.2 Å². The highest BCUT2D eigenvalue weighted by molar-refractivity contribution is 9.10. The summed E-state index contributed by atoms with van der Waals surface area (Å²) in [6.07, 6.45) is 1.04. The molecule has 0 aliphatic rings. The smallest absolute Gasteiger partial charge is 0.410 e. The monoisotopic (exact) mass is 480 g/mol. The number of carbonyl (C=O) groups excluding carboxylic acids is 1. The number of anilines is 1. The van der Waals surface area contributed by atoms with Crippen LogP contribution in [0.3, 0.4) is 0 Å². The minimum atomic E-state index is -3.61. The number of ether oxygens (including phenoxy) is 2. The van der Waals surface area contributed by atoms with E-state index in [1.54, 1.807) is 26.8 Å². The number of nitrogens with zero attached hydrogens (tertiary/aromatic N) is 2. The number of rotatable bonds is 9. The summed E-state index contributed by atoms with van der Waals surface area (Å²) in [6.45, 7) is 9.48. The molecule has 3 N–H and O–H groups in total. The van der Waals surface area contributed by atoms with E-state index in [4.69, 9.17) is 15.2 Å². The van der Waals surface area contributed by atoms with Crippen LogP contribution in [0.15, 0.2) is 16.7 Å². The Labute approximate surface area is 175 Å².